The first-order valence-corrected chi connectivity index (χ1v) is 4.92. The molecule has 1 heterocycles. The summed E-state index contributed by atoms with van der Waals surface area (Å²) >= 11 is 6.02. The smallest absolute Gasteiger partial charge is 0.133 e. The molecule has 0 atom stereocenters. The highest BCUT2D eigenvalue weighted by atomic mass is 35.5. The minimum atomic E-state index is 0. The van der Waals surface area contributed by atoms with Crippen LogP contribution in [0.5, 0.6) is 0 Å². The SMILES string of the molecule is Cc1ccccc1-n1ncc(=N)cc1Cl.Cl. The second-order valence-electron chi connectivity index (χ2n) is 3.27. The van der Waals surface area contributed by atoms with Crippen molar-refractivity contribution >= 4 is 24.0 Å². The maximum Gasteiger partial charge on any atom is 0.133 e. The molecule has 16 heavy (non-hydrogen) atoms. The molecule has 84 valence electrons. The van der Waals surface area contributed by atoms with Crippen molar-refractivity contribution in [2.45, 2.75) is 6.92 Å². The predicted molar refractivity (Wildman–Crippen MR) is 66.4 cm³/mol. The van der Waals surface area contributed by atoms with Crippen LogP contribution in [0.15, 0.2) is 36.5 Å². The van der Waals surface area contributed by atoms with E-state index in [9.17, 15) is 0 Å². The van der Waals surface area contributed by atoms with Gasteiger partial charge in [0.05, 0.1) is 17.2 Å². The van der Waals surface area contributed by atoms with Gasteiger partial charge in [-0.05, 0) is 18.6 Å². The molecule has 1 N–H and O–H groups in total. The molecule has 0 saturated carbocycles. The zero-order valence-electron chi connectivity index (χ0n) is 8.64. The first-order chi connectivity index (χ1) is 7.18. The molecule has 0 aliphatic rings. The summed E-state index contributed by atoms with van der Waals surface area (Å²) in [6, 6.07) is 9.40. The molecule has 1 aromatic carbocycles. The summed E-state index contributed by atoms with van der Waals surface area (Å²) in [5, 5.41) is 12.2. The first kappa shape index (κ1) is 12.7. The highest BCUT2D eigenvalue weighted by molar-refractivity contribution is 6.29. The van der Waals surface area contributed by atoms with Crippen LogP contribution >= 0.6 is 24.0 Å². The Labute approximate surface area is 105 Å². The first-order valence-electron chi connectivity index (χ1n) is 4.54. The number of halogens is 2. The van der Waals surface area contributed by atoms with Gasteiger partial charge < -0.3 is 0 Å². The van der Waals surface area contributed by atoms with E-state index in [4.69, 9.17) is 17.0 Å². The average Bonchev–Trinajstić information content (AvgIpc) is 2.20. The lowest BCUT2D eigenvalue weighted by Crippen LogP contribution is -2.10. The molecule has 2 rings (SSSR count). The third kappa shape index (κ3) is 2.43. The van der Waals surface area contributed by atoms with Gasteiger partial charge >= 0.3 is 0 Å². The van der Waals surface area contributed by atoms with Crippen LogP contribution in [0.4, 0.5) is 0 Å². The second-order valence-corrected chi connectivity index (χ2v) is 3.65. The van der Waals surface area contributed by atoms with Crippen molar-refractivity contribution in [3.63, 3.8) is 0 Å². The molecule has 2 aromatic rings. The molecule has 5 heteroatoms. The Morgan fingerprint density at radius 1 is 1.31 bits per heavy atom. The summed E-state index contributed by atoms with van der Waals surface area (Å²) in [5.41, 5.74) is 2.03. The molecule has 1 aromatic heterocycles. The number of aromatic nitrogens is 2. The van der Waals surface area contributed by atoms with Crippen LogP contribution in [0.1, 0.15) is 5.56 Å². The van der Waals surface area contributed by atoms with E-state index in [0.29, 0.717) is 10.5 Å². The Hall–Kier alpha value is -1.32. The summed E-state index contributed by atoms with van der Waals surface area (Å²) in [6.07, 6.45) is 1.47. The largest absolute Gasteiger partial charge is 0.299 e. The summed E-state index contributed by atoms with van der Waals surface area (Å²) in [4.78, 5) is 0. The van der Waals surface area contributed by atoms with Gasteiger partial charge in [0.2, 0.25) is 0 Å². The van der Waals surface area contributed by atoms with Gasteiger partial charge in [0.15, 0.2) is 0 Å². The van der Waals surface area contributed by atoms with Gasteiger partial charge in [-0.25, -0.2) is 4.68 Å². The van der Waals surface area contributed by atoms with E-state index in [0.717, 1.165) is 11.3 Å². The van der Waals surface area contributed by atoms with E-state index in [1.807, 2.05) is 31.2 Å². The van der Waals surface area contributed by atoms with Gasteiger partial charge in [-0.1, -0.05) is 29.8 Å². The maximum absolute atomic E-state index is 7.39. The van der Waals surface area contributed by atoms with Gasteiger partial charge in [0.25, 0.3) is 0 Å². The zero-order valence-corrected chi connectivity index (χ0v) is 10.2. The molecular formula is C11H11Cl2N3. The van der Waals surface area contributed by atoms with Gasteiger partial charge in [0, 0.05) is 6.07 Å². The van der Waals surface area contributed by atoms with Crippen molar-refractivity contribution in [3.8, 4) is 5.69 Å². The number of rotatable bonds is 1. The monoisotopic (exact) mass is 255 g/mol. The van der Waals surface area contributed by atoms with Crippen LogP contribution < -0.4 is 5.36 Å². The van der Waals surface area contributed by atoms with Crippen molar-refractivity contribution in [1.29, 1.82) is 5.41 Å². The predicted octanol–water partition coefficient (Wildman–Crippen LogP) is 2.74. The van der Waals surface area contributed by atoms with Crippen LogP contribution in [0.25, 0.3) is 5.69 Å². The summed E-state index contributed by atoms with van der Waals surface area (Å²) in [7, 11) is 0. The molecular weight excluding hydrogens is 245 g/mol. The van der Waals surface area contributed by atoms with Crippen LogP contribution in [-0.2, 0) is 0 Å². The third-order valence-electron chi connectivity index (χ3n) is 2.13. The molecule has 0 fully saturated rings. The zero-order chi connectivity index (χ0) is 10.8. The number of benzene rings is 1. The Morgan fingerprint density at radius 2 is 2.00 bits per heavy atom. The molecule has 0 bridgehead atoms. The Bertz CT molecular complexity index is 549. The van der Waals surface area contributed by atoms with Crippen LogP contribution in [0.3, 0.4) is 0 Å². The van der Waals surface area contributed by atoms with E-state index in [1.165, 1.54) is 6.20 Å². The number of hydrogen-bond acceptors (Lipinski definition) is 2. The van der Waals surface area contributed by atoms with E-state index < -0.39 is 0 Å². The number of para-hydroxylation sites is 1. The fraction of sp³-hybridized carbons (Fsp3) is 0.0909. The highest BCUT2D eigenvalue weighted by Gasteiger charge is 2.03. The van der Waals surface area contributed by atoms with Crippen molar-refractivity contribution < 1.29 is 0 Å². The van der Waals surface area contributed by atoms with E-state index in [-0.39, 0.29) is 12.4 Å². The summed E-state index contributed by atoms with van der Waals surface area (Å²) < 4.78 is 1.62. The number of aryl methyl sites for hydroxylation is 1. The average molecular weight is 256 g/mol. The number of hydrogen-bond donors (Lipinski definition) is 1. The Morgan fingerprint density at radius 3 is 2.62 bits per heavy atom. The molecule has 0 spiro atoms. The lowest BCUT2D eigenvalue weighted by atomic mass is 10.2. The van der Waals surface area contributed by atoms with Crippen LogP contribution in [0.2, 0.25) is 5.15 Å². The molecule has 0 amide bonds. The van der Waals surface area contributed by atoms with E-state index >= 15 is 0 Å². The Kier molecular flexibility index (Phi) is 4.10. The molecule has 0 aliphatic carbocycles. The fourth-order valence-electron chi connectivity index (χ4n) is 1.38. The van der Waals surface area contributed by atoms with Gasteiger partial charge in [-0.2, -0.15) is 5.10 Å². The number of nitrogens with zero attached hydrogens (tertiary/aromatic N) is 2. The van der Waals surface area contributed by atoms with E-state index in [1.54, 1.807) is 10.7 Å². The minimum absolute atomic E-state index is 0. The molecule has 0 aliphatic heterocycles. The molecule has 0 unspecified atom stereocenters. The van der Waals surface area contributed by atoms with Crippen molar-refractivity contribution in [3.05, 3.63) is 52.6 Å². The normalized spacial score (nSPS) is 9.62. The fourth-order valence-corrected chi connectivity index (χ4v) is 1.63. The maximum atomic E-state index is 7.39. The molecule has 0 saturated heterocycles. The lowest BCUT2D eigenvalue weighted by molar-refractivity contribution is 0.824. The summed E-state index contributed by atoms with van der Waals surface area (Å²) in [5.74, 6) is 0. The van der Waals surface area contributed by atoms with Gasteiger partial charge in [-0.15, -0.1) is 12.4 Å². The molecule has 0 radical (unpaired) electrons. The Balaban J connectivity index is 0.00000128. The highest BCUT2D eigenvalue weighted by Crippen LogP contribution is 2.15. The van der Waals surface area contributed by atoms with Crippen LogP contribution in [0, 0.1) is 12.3 Å². The second kappa shape index (κ2) is 5.14. The van der Waals surface area contributed by atoms with Crippen molar-refractivity contribution in [2.24, 2.45) is 0 Å². The van der Waals surface area contributed by atoms with Crippen LogP contribution in [-0.4, -0.2) is 9.78 Å². The standard InChI is InChI=1S/C11H10ClN3.ClH/c1-8-4-2-3-5-10(8)15-11(12)6-9(13)7-14-15;/h2-7,13H,1H3;1H. The lowest BCUT2D eigenvalue weighted by Gasteiger charge is -2.09. The number of nitrogens with one attached hydrogen (secondary N) is 1. The van der Waals surface area contributed by atoms with Gasteiger partial charge in [0.1, 0.15) is 5.15 Å². The van der Waals surface area contributed by atoms with Crippen molar-refractivity contribution in [1.82, 2.24) is 9.78 Å². The third-order valence-corrected chi connectivity index (χ3v) is 2.40. The quantitative estimate of drug-likeness (QED) is 0.837. The van der Waals surface area contributed by atoms with E-state index in [2.05, 4.69) is 5.10 Å². The van der Waals surface area contributed by atoms with Gasteiger partial charge in [-0.3, -0.25) is 5.41 Å². The molecule has 3 nitrogen and oxygen atoms in total. The topological polar surface area (TPSA) is 41.7 Å². The minimum Gasteiger partial charge on any atom is -0.299 e. The van der Waals surface area contributed by atoms with Crippen molar-refractivity contribution in [2.75, 3.05) is 0 Å². The summed E-state index contributed by atoms with van der Waals surface area (Å²) in [6.45, 7) is 1.99.